The van der Waals surface area contributed by atoms with E-state index in [0.29, 0.717) is 5.75 Å². The van der Waals surface area contributed by atoms with Crippen LogP contribution in [-0.2, 0) is 14.4 Å². The fourth-order valence-corrected chi connectivity index (χ4v) is 3.28. The smallest absolute Gasteiger partial charge is 0.274 e. The molecule has 3 rings (SSSR count). The summed E-state index contributed by atoms with van der Waals surface area (Å²) >= 11 is 0. The number of imide groups is 1. The highest BCUT2D eigenvalue weighted by Crippen LogP contribution is 2.27. The SMILES string of the molecule is COc1cc(N2CCC(C=O)CC2)cnc1C(=O)N[C@H]1CCC(=O)NC1=O. The molecule has 1 aromatic rings. The van der Waals surface area contributed by atoms with Crippen molar-refractivity contribution in [2.75, 3.05) is 25.1 Å². The summed E-state index contributed by atoms with van der Waals surface area (Å²) in [6, 6.07) is 0.955. The Morgan fingerprint density at radius 1 is 1.33 bits per heavy atom. The van der Waals surface area contributed by atoms with Crippen molar-refractivity contribution in [1.82, 2.24) is 15.6 Å². The van der Waals surface area contributed by atoms with E-state index in [1.165, 1.54) is 7.11 Å². The maximum Gasteiger partial charge on any atom is 0.274 e. The molecule has 0 unspecified atom stereocenters. The third-order valence-electron chi connectivity index (χ3n) is 4.92. The number of piperidine rings is 2. The van der Waals surface area contributed by atoms with Gasteiger partial charge >= 0.3 is 0 Å². The van der Waals surface area contributed by atoms with Crippen molar-refractivity contribution in [3.05, 3.63) is 18.0 Å². The van der Waals surface area contributed by atoms with Crippen molar-refractivity contribution < 1.29 is 23.9 Å². The molecule has 2 aliphatic heterocycles. The number of aldehydes is 1. The van der Waals surface area contributed by atoms with Crippen molar-refractivity contribution in [3.8, 4) is 5.75 Å². The Labute approximate surface area is 156 Å². The summed E-state index contributed by atoms with van der Waals surface area (Å²) in [4.78, 5) is 52.7. The lowest BCUT2D eigenvalue weighted by atomic mass is 9.98. The molecule has 1 atom stereocenters. The number of anilines is 1. The number of nitrogens with zero attached hydrogens (tertiary/aromatic N) is 2. The summed E-state index contributed by atoms with van der Waals surface area (Å²) in [5.41, 5.74) is 0.891. The molecule has 0 aromatic carbocycles. The van der Waals surface area contributed by atoms with Crippen LogP contribution in [0.4, 0.5) is 5.69 Å². The topological polar surface area (TPSA) is 118 Å². The molecule has 1 aromatic heterocycles. The lowest BCUT2D eigenvalue weighted by Gasteiger charge is -2.31. The predicted molar refractivity (Wildman–Crippen MR) is 95.4 cm³/mol. The van der Waals surface area contributed by atoms with Crippen LogP contribution in [0.25, 0.3) is 0 Å². The average Bonchev–Trinajstić information content (AvgIpc) is 2.69. The van der Waals surface area contributed by atoms with Crippen LogP contribution in [-0.4, -0.2) is 55.2 Å². The second kappa shape index (κ2) is 8.15. The van der Waals surface area contributed by atoms with Crippen LogP contribution in [0.1, 0.15) is 36.2 Å². The van der Waals surface area contributed by atoms with Gasteiger partial charge in [-0.25, -0.2) is 4.98 Å². The molecule has 2 aliphatic rings. The molecule has 0 bridgehead atoms. The molecule has 3 amide bonds. The summed E-state index contributed by atoms with van der Waals surface area (Å²) in [5.74, 6) is -1.01. The van der Waals surface area contributed by atoms with E-state index in [1.54, 1.807) is 12.3 Å². The van der Waals surface area contributed by atoms with Crippen LogP contribution >= 0.6 is 0 Å². The maximum absolute atomic E-state index is 12.5. The minimum absolute atomic E-state index is 0.0775. The van der Waals surface area contributed by atoms with Crippen LogP contribution < -0.4 is 20.3 Å². The minimum atomic E-state index is -0.774. The number of methoxy groups -OCH3 is 1. The molecular weight excluding hydrogens is 352 g/mol. The van der Waals surface area contributed by atoms with E-state index in [2.05, 4.69) is 20.5 Å². The second-order valence-corrected chi connectivity index (χ2v) is 6.68. The molecule has 0 spiro atoms. The Bertz CT molecular complexity index is 758. The molecule has 9 heteroatoms. The second-order valence-electron chi connectivity index (χ2n) is 6.68. The number of hydrogen-bond donors (Lipinski definition) is 2. The fraction of sp³-hybridized carbons (Fsp3) is 0.500. The zero-order chi connectivity index (χ0) is 19.4. The largest absolute Gasteiger partial charge is 0.494 e. The molecule has 0 aliphatic carbocycles. The van der Waals surface area contributed by atoms with E-state index >= 15 is 0 Å². The van der Waals surface area contributed by atoms with E-state index < -0.39 is 17.9 Å². The third-order valence-corrected chi connectivity index (χ3v) is 4.92. The molecule has 144 valence electrons. The van der Waals surface area contributed by atoms with Gasteiger partial charge in [0.2, 0.25) is 11.8 Å². The first-order valence-electron chi connectivity index (χ1n) is 8.90. The minimum Gasteiger partial charge on any atom is -0.494 e. The summed E-state index contributed by atoms with van der Waals surface area (Å²) in [6.45, 7) is 1.46. The van der Waals surface area contributed by atoms with Crippen LogP contribution in [0.5, 0.6) is 5.75 Å². The van der Waals surface area contributed by atoms with Crippen molar-refractivity contribution in [2.45, 2.75) is 31.7 Å². The van der Waals surface area contributed by atoms with Crippen molar-refractivity contribution in [3.63, 3.8) is 0 Å². The number of pyridine rings is 1. The highest BCUT2D eigenvalue weighted by atomic mass is 16.5. The van der Waals surface area contributed by atoms with E-state index in [9.17, 15) is 19.2 Å². The van der Waals surface area contributed by atoms with Gasteiger partial charge in [-0.2, -0.15) is 0 Å². The summed E-state index contributed by atoms with van der Waals surface area (Å²) in [7, 11) is 1.45. The lowest BCUT2D eigenvalue weighted by Crippen LogP contribution is -2.52. The first-order chi connectivity index (χ1) is 13.0. The van der Waals surface area contributed by atoms with Gasteiger partial charge in [0.1, 0.15) is 12.3 Å². The van der Waals surface area contributed by atoms with Crippen molar-refractivity contribution >= 4 is 29.7 Å². The Kier molecular flexibility index (Phi) is 5.68. The molecule has 2 saturated heterocycles. The Morgan fingerprint density at radius 2 is 2.07 bits per heavy atom. The highest BCUT2D eigenvalue weighted by Gasteiger charge is 2.29. The Morgan fingerprint density at radius 3 is 2.70 bits per heavy atom. The zero-order valence-corrected chi connectivity index (χ0v) is 15.1. The number of rotatable bonds is 5. The predicted octanol–water partition coefficient (Wildman–Crippen LogP) is 0.0405. The number of nitrogens with one attached hydrogen (secondary N) is 2. The van der Waals surface area contributed by atoms with Crippen LogP contribution in [0.15, 0.2) is 12.3 Å². The summed E-state index contributed by atoms with van der Waals surface area (Å²) < 4.78 is 5.31. The lowest BCUT2D eigenvalue weighted by molar-refractivity contribution is -0.134. The molecule has 0 saturated carbocycles. The van der Waals surface area contributed by atoms with Gasteiger partial charge in [0.15, 0.2) is 11.4 Å². The zero-order valence-electron chi connectivity index (χ0n) is 15.1. The molecule has 27 heavy (non-hydrogen) atoms. The van der Waals surface area contributed by atoms with Gasteiger partial charge in [-0.05, 0) is 19.3 Å². The van der Waals surface area contributed by atoms with Crippen molar-refractivity contribution in [1.29, 1.82) is 0 Å². The van der Waals surface area contributed by atoms with Gasteiger partial charge in [-0.3, -0.25) is 19.7 Å². The molecule has 9 nitrogen and oxygen atoms in total. The fourth-order valence-electron chi connectivity index (χ4n) is 3.28. The number of aromatic nitrogens is 1. The van der Waals surface area contributed by atoms with Crippen LogP contribution in [0.3, 0.4) is 0 Å². The summed E-state index contributed by atoms with van der Waals surface area (Å²) in [6.07, 6.45) is 4.58. The number of ether oxygens (including phenoxy) is 1. The monoisotopic (exact) mass is 374 g/mol. The molecule has 0 radical (unpaired) electrons. The van der Waals surface area contributed by atoms with Crippen LogP contribution in [0.2, 0.25) is 0 Å². The van der Waals surface area contributed by atoms with E-state index in [-0.39, 0.29) is 30.4 Å². The number of carbonyl (C=O) groups excluding carboxylic acids is 4. The Balaban J connectivity index is 1.70. The highest BCUT2D eigenvalue weighted by molar-refractivity contribution is 6.04. The van der Waals surface area contributed by atoms with Gasteiger partial charge in [-0.15, -0.1) is 0 Å². The van der Waals surface area contributed by atoms with Gasteiger partial charge in [-0.1, -0.05) is 0 Å². The first kappa shape index (κ1) is 18.8. The van der Waals surface area contributed by atoms with Gasteiger partial charge in [0.25, 0.3) is 5.91 Å². The number of amides is 3. The first-order valence-corrected chi connectivity index (χ1v) is 8.90. The summed E-state index contributed by atoms with van der Waals surface area (Å²) in [5, 5.41) is 4.79. The van der Waals surface area contributed by atoms with E-state index in [4.69, 9.17) is 4.74 Å². The Hall–Kier alpha value is -2.97. The van der Waals surface area contributed by atoms with Gasteiger partial charge < -0.3 is 19.7 Å². The molecular formula is C18H22N4O5. The van der Waals surface area contributed by atoms with E-state index in [1.807, 2.05) is 0 Å². The average molecular weight is 374 g/mol. The van der Waals surface area contributed by atoms with Gasteiger partial charge in [0.05, 0.1) is 19.0 Å². The quantitative estimate of drug-likeness (QED) is 0.552. The molecule has 2 fully saturated rings. The molecule has 3 heterocycles. The van der Waals surface area contributed by atoms with E-state index in [0.717, 1.165) is 37.9 Å². The standard InChI is InChI=1S/C18H22N4O5/c1-27-14-8-12(22-6-4-11(10-23)5-7-22)9-19-16(14)18(26)20-13-2-3-15(24)21-17(13)25/h8-11,13H,2-7H2,1H3,(H,20,26)(H,21,24,25)/t13-/m0/s1. The normalized spacial score (nSPS) is 20.8. The third kappa shape index (κ3) is 4.24. The van der Waals surface area contributed by atoms with Gasteiger partial charge in [0, 0.05) is 31.5 Å². The van der Waals surface area contributed by atoms with Crippen LogP contribution in [0, 0.1) is 5.92 Å². The number of carbonyl (C=O) groups is 4. The molecule has 2 N–H and O–H groups in total. The number of hydrogen-bond acceptors (Lipinski definition) is 7. The van der Waals surface area contributed by atoms with Crippen molar-refractivity contribution in [2.24, 2.45) is 5.92 Å². The maximum atomic E-state index is 12.5.